The molecule has 0 heterocycles. The molecule has 0 aliphatic rings. The maximum atomic E-state index is 11.0. The Kier molecular flexibility index (Phi) is 6.65. The highest BCUT2D eigenvalue weighted by atomic mass is 16.6. The van der Waals surface area contributed by atoms with Gasteiger partial charge in [0.05, 0.1) is 15.9 Å². The lowest BCUT2D eigenvalue weighted by Gasteiger charge is -2.03. The zero-order valence-electron chi connectivity index (χ0n) is 12.3. The zero-order chi connectivity index (χ0) is 16.5. The van der Waals surface area contributed by atoms with Crippen molar-refractivity contribution in [3.8, 4) is 0 Å². The van der Waals surface area contributed by atoms with Crippen molar-refractivity contribution in [2.45, 2.75) is 6.42 Å². The number of rotatable bonds is 4. The van der Waals surface area contributed by atoms with Crippen LogP contribution in [-0.2, 0) is 11.2 Å². The Morgan fingerprint density at radius 3 is 2.05 bits per heavy atom. The van der Waals surface area contributed by atoms with Crippen LogP contribution in [0.25, 0.3) is 0 Å². The summed E-state index contributed by atoms with van der Waals surface area (Å²) in [4.78, 5) is 20.4. The molecule has 0 radical (unpaired) electrons. The molecule has 7 heteroatoms. The van der Waals surface area contributed by atoms with E-state index in [1.54, 1.807) is 14.2 Å². The molecule has 0 atom stereocenters. The predicted molar refractivity (Wildman–Crippen MR) is 81.9 cm³/mol. The number of benzene rings is 2. The summed E-state index contributed by atoms with van der Waals surface area (Å²) in [6.07, 6.45) is 0.370. The fourth-order valence-electron chi connectivity index (χ4n) is 1.80. The van der Waals surface area contributed by atoms with Crippen LogP contribution >= 0.6 is 0 Å². The van der Waals surface area contributed by atoms with Gasteiger partial charge in [0.1, 0.15) is 0 Å². The van der Waals surface area contributed by atoms with Crippen LogP contribution in [0.2, 0.25) is 0 Å². The minimum atomic E-state index is -0.640. The average Bonchev–Trinajstić information content (AvgIpc) is 2.49. The van der Waals surface area contributed by atoms with Crippen LogP contribution in [0.1, 0.15) is 11.1 Å². The third kappa shape index (κ3) is 4.95. The number of non-ortho nitro benzene ring substituents is 1. The Morgan fingerprint density at radius 2 is 1.55 bits per heavy atom. The molecule has 0 aliphatic heterocycles. The normalized spacial score (nSPS) is 9.55. The maximum absolute atomic E-state index is 11.0. The van der Waals surface area contributed by atoms with Crippen molar-refractivity contribution in [2.75, 3.05) is 14.2 Å². The van der Waals surface area contributed by atoms with E-state index >= 15 is 0 Å². The van der Waals surface area contributed by atoms with Gasteiger partial charge in [0.25, 0.3) is 11.4 Å². The Morgan fingerprint density at radius 1 is 0.955 bits per heavy atom. The number of nitro groups is 2. The summed E-state index contributed by atoms with van der Waals surface area (Å²) < 4.78 is 4.25. The molecule has 2 aromatic rings. The summed E-state index contributed by atoms with van der Waals surface area (Å²) in [6, 6.07) is 13.0. The van der Waals surface area contributed by atoms with E-state index in [2.05, 4.69) is 4.74 Å². The molecule has 0 saturated heterocycles. The molecule has 0 amide bonds. The number of methoxy groups -OCH3 is 1. The van der Waals surface area contributed by atoms with Crippen LogP contribution in [0.5, 0.6) is 0 Å². The minimum absolute atomic E-state index is 0.224. The van der Waals surface area contributed by atoms with Crippen molar-refractivity contribution in [2.24, 2.45) is 0 Å². The zero-order valence-corrected chi connectivity index (χ0v) is 12.3. The van der Waals surface area contributed by atoms with Gasteiger partial charge in [0.2, 0.25) is 0 Å². The number of hydrogen-bond donors (Lipinski definition) is 0. The largest absolute Gasteiger partial charge is 0.388 e. The van der Waals surface area contributed by atoms with Gasteiger partial charge in [0.15, 0.2) is 0 Å². The van der Waals surface area contributed by atoms with Gasteiger partial charge in [-0.05, 0) is 11.6 Å². The highest BCUT2D eigenvalue weighted by molar-refractivity contribution is 5.50. The van der Waals surface area contributed by atoms with Crippen molar-refractivity contribution in [3.63, 3.8) is 0 Å². The molecule has 116 valence electrons. The van der Waals surface area contributed by atoms with Gasteiger partial charge in [0, 0.05) is 32.3 Å². The number of ether oxygens (including phenoxy) is 1. The van der Waals surface area contributed by atoms with Gasteiger partial charge in [-0.25, -0.2) is 0 Å². The highest BCUT2D eigenvalue weighted by Crippen LogP contribution is 2.26. The fraction of sp³-hybridized carbons (Fsp3) is 0.200. The van der Waals surface area contributed by atoms with E-state index in [0.717, 1.165) is 11.6 Å². The van der Waals surface area contributed by atoms with Crippen molar-refractivity contribution in [1.82, 2.24) is 0 Å². The quantitative estimate of drug-likeness (QED) is 0.637. The van der Waals surface area contributed by atoms with E-state index in [9.17, 15) is 20.2 Å². The van der Waals surface area contributed by atoms with Crippen LogP contribution in [0.15, 0.2) is 48.5 Å². The first-order valence-corrected chi connectivity index (χ1v) is 6.35. The van der Waals surface area contributed by atoms with Gasteiger partial charge >= 0.3 is 0 Å². The standard InChI is InChI=1S/C13H10N2O4.C2H6O/c16-14(17)12-7-6-11(13(9-12)15(18)19)8-10-4-2-1-3-5-10;1-3-2/h1-7,9H,8H2;1-2H3. The second kappa shape index (κ2) is 8.48. The monoisotopic (exact) mass is 304 g/mol. The Hall–Kier alpha value is -2.80. The van der Waals surface area contributed by atoms with E-state index < -0.39 is 9.85 Å². The van der Waals surface area contributed by atoms with Crippen molar-refractivity contribution < 1.29 is 14.6 Å². The molecule has 0 unspecified atom stereocenters. The summed E-state index contributed by atoms with van der Waals surface area (Å²) in [5, 5.41) is 21.6. The van der Waals surface area contributed by atoms with Crippen molar-refractivity contribution in [1.29, 1.82) is 0 Å². The Labute approximate surface area is 127 Å². The van der Waals surface area contributed by atoms with Gasteiger partial charge in [-0.1, -0.05) is 30.3 Å². The molecule has 2 aromatic carbocycles. The van der Waals surface area contributed by atoms with E-state index in [4.69, 9.17) is 0 Å². The molecular weight excluding hydrogens is 288 g/mol. The van der Waals surface area contributed by atoms with Crippen LogP contribution in [-0.4, -0.2) is 24.1 Å². The number of nitro benzene ring substituents is 2. The molecule has 0 saturated carbocycles. The first-order valence-electron chi connectivity index (χ1n) is 6.35. The van der Waals surface area contributed by atoms with E-state index in [1.165, 1.54) is 12.1 Å². The molecule has 0 aliphatic carbocycles. The highest BCUT2D eigenvalue weighted by Gasteiger charge is 2.19. The molecule has 7 nitrogen and oxygen atoms in total. The molecule has 0 fully saturated rings. The second-order valence-electron chi connectivity index (χ2n) is 4.40. The first kappa shape index (κ1) is 17.3. The minimum Gasteiger partial charge on any atom is -0.388 e. The summed E-state index contributed by atoms with van der Waals surface area (Å²) in [6.45, 7) is 0. The molecule has 2 rings (SSSR count). The molecule has 0 aromatic heterocycles. The van der Waals surface area contributed by atoms with Gasteiger partial charge in [-0.3, -0.25) is 20.2 Å². The summed E-state index contributed by atoms with van der Waals surface area (Å²) >= 11 is 0. The third-order valence-corrected chi connectivity index (χ3v) is 2.71. The summed E-state index contributed by atoms with van der Waals surface area (Å²) in [7, 11) is 3.25. The molecule has 0 bridgehead atoms. The molecular formula is C15H16N2O5. The van der Waals surface area contributed by atoms with Crippen LogP contribution < -0.4 is 0 Å². The Bertz CT molecular complexity index is 644. The van der Waals surface area contributed by atoms with Crippen molar-refractivity contribution in [3.05, 3.63) is 79.9 Å². The average molecular weight is 304 g/mol. The number of hydrogen-bond acceptors (Lipinski definition) is 5. The topological polar surface area (TPSA) is 95.5 Å². The molecule has 0 spiro atoms. The van der Waals surface area contributed by atoms with E-state index in [1.807, 2.05) is 30.3 Å². The van der Waals surface area contributed by atoms with Crippen LogP contribution in [0.3, 0.4) is 0 Å². The first-order chi connectivity index (χ1) is 10.5. The smallest absolute Gasteiger partial charge is 0.279 e. The van der Waals surface area contributed by atoms with Crippen LogP contribution in [0, 0.1) is 20.2 Å². The number of nitrogens with zero attached hydrogens (tertiary/aromatic N) is 2. The lowest BCUT2D eigenvalue weighted by atomic mass is 10.0. The second-order valence-corrected chi connectivity index (χ2v) is 4.40. The van der Waals surface area contributed by atoms with E-state index in [0.29, 0.717) is 12.0 Å². The van der Waals surface area contributed by atoms with E-state index in [-0.39, 0.29) is 11.4 Å². The predicted octanol–water partition coefficient (Wildman–Crippen LogP) is 3.36. The maximum Gasteiger partial charge on any atom is 0.279 e. The molecule has 22 heavy (non-hydrogen) atoms. The fourth-order valence-corrected chi connectivity index (χ4v) is 1.80. The van der Waals surface area contributed by atoms with Gasteiger partial charge in [-0.2, -0.15) is 0 Å². The van der Waals surface area contributed by atoms with Gasteiger partial charge < -0.3 is 4.74 Å². The van der Waals surface area contributed by atoms with Crippen molar-refractivity contribution >= 4 is 11.4 Å². The van der Waals surface area contributed by atoms with Gasteiger partial charge in [-0.15, -0.1) is 0 Å². The molecule has 0 N–H and O–H groups in total. The summed E-state index contributed by atoms with van der Waals surface area (Å²) in [5.74, 6) is 0. The lowest BCUT2D eigenvalue weighted by molar-refractivity contribution is -0.394. The summed E-state index contributed by atoms with van der Waals surface area (Å²) in [5.41, 5.74) is 0.878. The third-order valence-electron chi connectivity index (χ3n) is 2.71. The lowest BCUT2D eigenvalue weighted by Crippen LogP contribution is -1.98. The Balaban J connectivity index is 0.000000745. The van der Waals surface area contributed by atoms with Crippen LogP contribution in [0.4, 0.5) is 11.4 Å². The SMILES string of the molecule is COC.O=[N+]([O-])c1ccc(Cc2ccccc2)c([N+](=O)[O-])c1.